The number of aromatic nitrogens is 2. The Balaban J connectivity index is 1.81. The van der Waals surface area contributed by atoms with Crippen molar-refractivity contribution in [1.82, 2.24) is 15.2 Å². The first kappa shape index (κ1) is 17.9. The lowest BCUT2D eigenvalue weighted by molar-refractivity contribution is -0.206. The molecule has 6 nitrogen and oxygen atoms in total. The van der Waals surface area contributed by atoms with Gasteiger partial charge in [0.1, 0.15) is 5.52 Å². The maximum atomic E-state index is 12.8. The van der Waals surface area contributed by atoms with Crippen molar-refractivity contribution in [3.05, 3.63) is 17.7 Å². The van der Waals surface area contributed by atoms with Crippen LogP contribution in [0.2, 0.25) is 0 Å². The molecular weight excluding hydrogens is 337 g/mol. The number of hydrogen-bond donors (Lipinski definition) is 1. The van der Waals surface area contributed by atoms with E-state index in [1.165, 1.54) is 12.1 Å². The summed E-state index contributed by atoms with van der Waals surface area (Å²) in [6.07, 6.45) is -7.29. The van der Waals surface area contributed by atoms with Gasteiger partial charge < -0.3 is 14.9 Å². The van der Waals surface area contributed by atoms with Crippen molar-refractivity contribution in [2.45, 2.75) is 26.1 Å². The average molecular weight is 358 g/mol. The Labute approximate surface area is 143 Å². The van der Waals surface area contributed by atoms with Crippen LogP contribution in [0.15, 0.2) is 16.8 Å². The first-order valence-corrected chi connectivity index (χ1v) is 8.31. The predicted molar refractivity (Wildman–Crippen MR) is 86.3 cm³/mol. The molecule has 1 aliphatic heterocycles. The Kier molecular flexibility index (Phi) is 4.88. The van der Waals surface area contributed by atoms with Crippen molar-refractivity contribution in [3.8, 4) is 0 Å². The number of nitrogens with zero attached hydrogens (tertiary/aromatic N) is 4. The zero-order valence-electron chi connectivity index (χ0n) is 14.1. The first-order chi connectivity index (χ1) is 11.8. The van der Waals surface area contributed by atoms with Gasteiger partial charge in [0, 0.05) is 25.6 Å². The third-order valence-corrected chi connectivity index (χ3v) is 4.70. The van der Waals surface area contributed by atoms with Crippen LogP contribution in [0.3, 0.4) is 0 Å². The molecule has 3 rings (SSSR count). The number of fused-ring (bicyclic) bond motifs is 1. The van der Waals surface area contributed by atoms with Gasteiger partial charge in [-0.05, 0) is 41.1 Å². The molecule has 25 heavy (non-hydrogen) atoms. The summed E-state index contributed by atoms with van der Waals surface area (Å²) in [6, 6.07) is 2.50. The number of anilines is 1. The normalized spacial score (nSPS) is 17.3. The molecule has 138 valence electrons. The van der Waals surface area contributed by atoms with E-state index in [-0.39, 0.29) is 11.1 Å². The van der Waals surface area contributed by atoms with Gasteiger partial charge in [-0.2, -0.15) is 13.2 Å². The standard InChI is InChI=1S/C16H21F3N4O2/c1-3-22(4-2)7-10-8-23(9-10)13-6-11(15(24)16(17,18)19)5-12-14(13)21-25-20-12/h5-6,10,15,24H,3-4,7-9H2,1-2H3. The quantitative estimate of drug-likeness (QED) is 0.856. The molecule has 1 fully saturated rings. The van der Waals surface area contributed by atoms with E-state index in [1.807, 2.05) is 4.90 Å². The second-order valence-electron chi connectivity index (χ2n) is 6.37. The van der Waals surface area contributed by atoms with Crippen molar-refractivity contribution < 1.29 is 22.9 Å². The van der Waals surface area contributed by atoms with Crippen LogP contribution >= 0.6 is 0 Å². The molecule has 0 aliphatic carbocycles. The van der Waals surface area contributed by atoms with Crippen LogP contribution in [0, 0.1) is 5.92 Å². The smallest absolute Gasteiger partial charge is 0.379 e. The minimum absolute atomic E-state index is 0.211. The number of rotatable bonds is 6. The van der Waals surface area contributed by atoms with Crippen LogP contribution in [-0.4, -0.2) is 59.2 Å². The van der Waals surface area contributed by atoms with Crippen molar-refractivity contribution in [1.29, 1.82) is 0 Å². The third kappa shape index (κ3) is 3.57. The maximum absolute atomic E-state index is 12.8. The number of alkyl halides is 3. The maximum Gasteiger partial charge on any atom is 0.418 e. The van der Waals surface area contributed by atoms with Gasteiger partial charge in [0.25, 0.3) is 0 Å². The molecule has 1 saturated heterocycles. The zero-order valence-corrected chi connectivity index (χ0v) is 14.1. The predicted octanol–water partition coefficient (Wildman–Crippen LogP) is 2.60. The van der Waals surface area contributed by atoms with Crippen LogP contribution in [0.25, 0.3) is 11.0 Å². The molecule has 1 N–H and O–H groups in total. The highest BCUT2D eigenvalue weighted by Crippen LogP contribution is 2.38. The Hall–Kier alpha value is -1.87. The molecule has 1 aliphatic rings. The Bertz CT molecular complexity index is 724. The first-order valence-electron chi connectivity index (χ1n) is 8.31. The van der Waals surface area contributed by atoms with Gasteiger partial charge in [-0.15, -0.1) is 0 Å². The molecule has 1 aromatic carbocycles. The fraction of sp³-hybridized carbons (Fsp3) is 0.625. The number of hydrogen-bond acceptors (Lipinski definition) is 6. The van der Waals surface area contributed by atoms with Crippen LogP contribution in [0.1, 0.15) is 25.5 Å². The number of benzene rings is 1. The average Bonchev–Trinajstić information content (AvgIpc) is 3.00. The van der Waals surface area contributed by atoms with E-state index >= 15 is 0 Å². The van der Waals surface area contributed by atoms with Crippen LogP contribution in [0.4, 0.5) is 18.9 Å². The molecule has 0 spiro atoms. The van der Waals surface area contributed by atoms with Gasteiger partial charge >= 0.3 is 6.18 Å². The highest BCUT2D eigenvalue weighted by Gasteiger charge is 2.40. The molecule has 1 aromatic heterocycles. The second kappa shape index (κ2) is 6.80. The second-order valence-corrected chi connectivity index (χ2v) is 6.37. The summed E-state index contributed by atoms with van der Waals surface area (Å²) in [5.41, 5.74) is 0.896. The van der Waals surface area contributed by atoms with Crippen LogP contribution in [-0.2, 0) is 0 Å². The summed E-state index contributed by atoms with van der Waals surface area (Å²) >= 11 is 0. The SMILES string of the molecule is CCN(CC)CC1CN(c2cc(C(O)C(F)(F)F)cc3nonc23)C1. The van der Waals surface area contributed by atoms with E-state index in [9.17, 15) is 18.3 Å². The summed E-state index contributed by atoms with van der Waals surface area (Å²) < 4.78 is 43.2. The van der Waals surface area contributed by atoms with E-state index in [0.717, 1.165) is 32.7 Å². The minimum atomic E-state index is -4.73. The fourth-order valence-corrected chi connectivity index (χ4v) is 3.21. The molecule has 0 bridgehead atoms. The molecule has 2 aromatic rings. The van der Waals surface area contributed by atoms with E-state index < -0.39 is 12.3 Å². The molecular formula is C16H21F3N4O2. The Morgan fingerprint density at radius 1 is 1.28 bits per heavy atom. The highest BCUT2D eigenvalue weighted by molar-refractivity contribution is 5.89. The molecule has 0 amide bonds. The number of aliphatic hydroxyl groups excluding tert-OH is 1. The van der Waals surface area contributed by atoms with Gasteiger partial charge in [0.05, 0.1) is 5.69 Å². The van der Waals surface area contributed by atoms with Gasteiger partial charge in [-0.25, -0.2) is 4.63 Å². The number of aliphatic hydroxyl groups is 1. The summed E-state index contributed by atoms with van der Waals surface area (Å²) in [5, 5.41) is 17.0. The van der Waals surface area contributed by atoms with Crippen molar-refractivity contribution >= 4 is 16.7 Å². The van der Waals surface area contributed by atoms with Gasteiger partial charge in [-0.3, -0.25) is 0 Å². The molecule has 1 atom stereocenters. The van der Waals surface area contributed by atoms with Gasteiger partial charge in [-0.1, -0.05) is 13.8 Å². The lowest BCUT2D eigenvalue weighted by Crippen LogP contribution is -2.51. The topological polar surface area (TPSA) is 65.6 Å². The third-order valence-electron chi connectivity index (χ3n) is 4.70. The largest absolute Gasteiger partial charge is 0.418 e. The van der Waals surface area contributed by atoms with Crippen molar-refractivity contribution in [2.24, 2.45) is 5.92 Å². The highest BCUT2D eigenvalue weighted by atomic mass is 19.4. The molecule has 2 heterocycles. The molecule has 0 radical (unpaired) electrons. The number of halogens is 3. The Morgan fingerprint density at radius 3 is 2.56 bits per heavy atom. The van der Waals surface area contributed by atoms with Gasteiger partial charge in [0.15, 0.2) is 11.6 Å². The lowest BCUT2D eigenvalue weighted by atomic mass is 9.96. The fourth-order valence-electron chi connectivity index (χ4n) is 3.21. The summed E-state index contributed by atoms with van der Waals surface area (Å²) in [5.74, 6) is 0.450. The van der Waals surface area contributed by atoms with E-state index in [4.69, 9.17) is 0 Å². The van der Waals surface area contributed by atoms with Crippen molar-refractivity contribution in [2.75, 3.05) is 37.6 Å². The van der Waals surface area contributed by atoms with Crippen LogP contribution in [0.5, 0.6) is 0 Å². The van der Waals surface area contributed by atoms with Crippen molar-refractivity contribution in [3.63, 3.8) is 0 Å². The summed E-state index contributed by atoms with van der Waals surface area (Å²) in [7, 11) is 0. The molecule has 1 unspecified atom stereocenters. The summed E-state index contributed by atoms with van der Waals surface area (Å²) in [4.78, 5) is 4.27. The minimum Gasteiger partial charge on any atom is -0.379 e. The molecule has 0 saturated carbocycles. The van der Waals surface area contributed by atoms with E-state index in [2.05, 4.69) is 33.7 Å². The van der Waals surface area contributed by atoms with E-state index in [1.54, 1.807) is 0 Å². The van der Waals surface area contributed by atoms with Gasteiger partial charge in [0.2, 0.25) is 0 Å². The van der Waals surface area contributed by atoms with E-state index in [0.29, 0.717) is 17.1 Å². The Morgan fingerprint density at radius 2 is 1.96 bits per heavy atom. The van der Waals surface area contributed by atoms with Crippen LogP contribution < -0.4 is 4.90 Å². The monoisotopic (exact) mass is 358 g/mol. The summed E-state index contributed by atoms with van der Waals surface area (Å²) in [6.45, 7) is 8.55. The molecule has 9 heteroatoms. The zero-order chi connectivity index (χ0) is 18.2. The lowest BCUT2D eigenvalue weighted by Gasteiger charge is -2.43.